The van der Waals surface area contributed by atoms with Gasteiger partial charge in [-0.25, -0.2) is 4.79 Å². The molecule has 0 saturated carbocycles. The zero-order valence-electron chi connectivity index (χ0n) is 13.9. The van der Waals surface area contributed by atoms with Crippen molar-refractivity contribution in [3.63, 3.8) is 0 Å². The van der Waals surface area contributed by atoms with Crippen molar-refractivity contribution in [1.82, 2.24) is 9.88 Å². The number of aryl methyl sites for hydroxylation is 1. The minimum atomic E-state index is -0.459. The molecular weight excluding hydrogens is 304 g/mol. The number of rotatable bonds is 3. The second-order valence-corrected chi connectivity index (χ2v) is 6.01. The van der Waals surface area contributed by atoms with Crippen molar-refractivity contribution < 1.29 is 14.3 Å². The summed E-state index contributed by atoms with van der Waals surface area (Å²) in [6.07, 6.45) is 3.81. The molecule has 3 rings (SSSR count). The van der Waals surface area contributed by atoms with Crippen LogP contribution >= 0.6 is 0 Å². The van der Waals surface area contributed by atoms with Crippen LogP contribution in [0.5, 0.6) is 0 Å². The molecule has 5 nitrogen and oxygen atoms in total. The predicted octanol–water partition coefficient (Wildman–Crippen LogP) is 3.08. The quantitative estimate of drug-likeness (QED) is 0.814. The third kappa shape index (κ3) is 3.30. The molecule has 1 aliphatic heterocycles. The van der Waals surface area contributed by atoms with Crippen LogP contribution in [-0.2, 0) is 4.74 Å². The molecule has 1 aromatic carbocycles. The maximum atomic E-state index is 12.7. The lowest BCUT2D eigenvalue weighted by Gasteiger charge is -2.16. The summed E-state index contributed by atoms with van der Waals surface area (Å²) in [5, 5.41) is 0. The first-order chi connectivity index (χ1) is 11.6. The van der Waals surface area contributed by atoms with E-state index in [4.69, 9.17) is 4.74 Å². The molecule has 1 amide bonds. The molecule has 0 bridgehead atoms. The topological polar surface area (TPSA) is 59.5 Å². The van der Waals surface area contributed by atoms with Crippen LogP contribution in [0.3, 0.4) is 0 Å². The van der Waals surface area contributed by atoms with Crippen molar-refractivity contribution in [2.24, 2.45) is 0 Å². The Balaban J connectivity index is 2.04. The molecule has 24 heavy (non-hydrogen) atoms. The number of methoxy groups -OCH3 is 1. The van der Waals surface area contributed by atoms with E-state index < -0.39 is 5.97 Å². The summed E-state index contributed by atoms with van der Waals surface area (Å²) in [6, 6.07) is 8.95. The van der Waals surface area contributed by atoms with Gasteiger partial charge in [-0.1, -0.05) is 6.07 Å². The molecular formula is C19H20N2O3. The van der Waals surface area contributed by atoms with E-state index in [1.165, 1.54) is 7.11 Å². The van der Waals surface area contributed by atoms with Crippen LogP contribution < -0.4 is 0 Å². The van der Waals surface area contributed by atoms with E-state index in [1.807, 2.05) is 24.0 Å². The molecule has 0 unspecified atom stereocenters. The maximum Gasteiger partial charge on any atom is 0.337 e. The van der Waals surface area contributed by atoms with Gasteiger partial charge in [0.2, 0.25) is 0 Å². The highest BCUT2D eigenvalue weighted by atomic mass is 16.5. The lowest BCUT2D eigenvalue weighted by molar-refractivity contribution is 0.0600. The highest BCUT2D eigenvalue weighted by Crippen LogP contribution is 2.23. The monoisotopic (exact) mass is 324 g/mol. The Morgan fingerprint density at radius 3 is 2.42 bits per heavy atom. The number of carbonyl (C=O) groups is 2. The number of aromatic nitrogens is 1. The predicted molar refractivity (Wildman–Crippen MR) is 90.9 cm³/mol. The molecule has 1 fully saturated rings. The van der Waals surface area contributed by atoms with Crippen LogP contribution in [-0.4, -0.2) is 42.0 Å². The number of amides is 1. The van der Waals surface area contributed by atoms with Crippen LogP contribution in [0.25, 0.3) is 11.3 Å². The van der Waals surface area contributed by atoms with Crippen LogP contribution in [0.2, 0.25) is 0 Å². The van der Waals surface area contributed by atoms with Crippen LogP contribution in [0, 0.1) is 6.92 Å². The largest absolute Gasteiger partial charge is 0.465 e. The van der Waals surface area contributed by atoms with Crippen molar-refractivity contribution in [2.75, 3.05) is 20.2 Å². The van der Waals surface area contributed by atoms with Crippen molar-refractivity contribution >= 4 is 11.9 Å². The first kappa shape index (κ1) is 16.2. The Hall–Kier alpha value is -2.69. The van der Waals surface area contributed by atoms with E-state index >= 15 is 0 Å². The van der Waals surface area contributed by atoms with Crippen LogP contribution in [0.4, 0.5) is 0 Å². The summed E-state index contributed by atoms with van der Waals surface area (Å²) in [6.45, 7) is 3.49. The molecule has 0 aliphatic carbocycles. The van der Waals surface area contributed by atoms with Gasteiger partial charge < -0.3 is 9.64 Å². The zero-order chi connectivity index (χ0) is 17.1. The van der Waals surface area contributed by atoms with Crippen molar-refractivity contribution in [1.29, 1.82) is 0 Å². The normalized spacial score (nSPS) is 13.8. The zero-order valence-corrected chi connectivity index (χ0v) is 13.9. The molecule has 124 valence electrons. The van der Waals surface area contributed by atoms with E-state index in [0.29, 0.717) is 11.1 Å². The number of hydrogen-bond donors (Lipinski definition) is 0. The van der Waals surface area contributed by atoms with E-state index in [2.05, 4.69) is 4.98 Å². The van der Waals surface area contributed by atoms with Gasteiger partial charge in [-0.05, 0) is 49.6 Å². The summed E-state index contributed by atoms with van der Waals surface area (Å²) >= 11 is 0. The van der Waals surface area contributed by atoms with Gasteiger partial charge in [-0.3, -0.25) is 9.78 Å². The maximum absolute atomic E-state index is 12.7. The molecule has 2 heterocycles. The SMILES string of the molecule is COC(=O)c1cc(C(=O)N2CCCC2)cc(-c2ccc(C)cn2)c1. The molecule has 0 atom stereocenters. The number of pyridine rings is 1. The Morgan fingerprint density at radius 1 is 1.08 bits per heavy atom. The highest BCUT2D eigenvalue weighted by Gasteiger charge is 2.22. The van der Waals surface area contributed by atoms with E-state index in [-0.39, 0.29) is 5.91 Å². The molecule has 1 aromatic heterocycles. The first-order valence-electron chi connectivity index (χ1n) is 8.04. The first-order valence-corrected chi connectivity index (χ1v) is 8.04. The van der Waals surface area contributed by atoms with Crippen molar-refractivity contribution in [3.8, 4) is 11.3 Å². The number of likely N-dealkylation sites (tertiary alicyclic amines) is 1. The number of carbonyl (C=O) groups excluding carboxylic acids is 2. The number of ether oxygens (including phenoxy) is 1. The van der Waals surface area contributed by atoms with Gasteiger partial charge in [0.1, 0.15) is 0 Å². The lowest BCUT2D eigenvalue weighted by atomic mass is 10.0. The third-order valence-electron chi connectivity index (χ3n) is 4.20. The Labute approximate surface area is 141 Å². The second kappa shape index (κ2) is 6.83. The molecule has 0 N–H and O–H groups in total. The van der Waals surface area contributed by atoms with Crippen LogP contribution in [0.15, 0.2) is 36.5 Å². The lowest BCUT2D eigenvalue weighted by Crippen LogP contribution is -2.27. The number of hydrogen-bond acceptors (Lipinski definition) is 4. The van der Waals surface area contributed by atoms with Gasteiger partial charge in [-0.2, -0.15) is 0 Å². The van der Waals surface area contributed by atoms with Gasteiger partial charge in [0.15, 0.2) is 0 Å². The Kier molecular flexibility index (Phi) is 4.60. The Morgan fingerprint density at radius 2 is 1.79 bits per heavy atom. The molecule has 2 aromatic rings. The Bertz CT molecular complexity index is 763. The van der Waals surface area contributed by atoms with E-state index in [9.17, 15) is 9.59 Å². The minimum absolute atomic E-state index is 0.0494. The fraction of sp³-hybridized carbons (Fsp3) is 0.316. The highest BCUT2D eigenvalue weighted by molar-refractivity contribution is 5.99. The standard InChI is InChI=1S/C19H20N2O3/c1-13-5-6-17(20-12-13)14-9-15(11-16(10-14)19(23)24-2)18(22)21-7-3-4-8-21/h5-6,9-12H,3-4,7-8H2,1-2H3. The van der Waals surface area contributed by atoms with Crippen LogP contribution in [0.1, 0.15) is 39.1 Å². The summed E-state index contributed by atoms with van der Waals surface area (Å²) in [7, 11) is 1.33. The molecule has 0 radical (unpaired) electrons. The van der Waals surface area contributed by atoms with Gasteiger partial charge in [0.05, 0.1) is 18.4 Å². The smallest absolute Gasteiger partial charge is 0.337 e. The number of nitrogens with zero attached hydrogens (tertiary/aromatic N) is 2. The van der Waals surface area contributed by atoms with Gasteiger partial charge in [-0.15, -0.1) is 0 Å². The summed E-state index contributed by atoms with van der Waals surface area (Å²) in [5.41, 5.74) is 3.37. The minimum Gasteiger partial charge on any atom is -0.465 e. The molecule has 1 aliphatic rings. The van der Waals surface area contributed by atoms with Gasteiger partial charge in [0, 0.05) is 30.4 Å². The van der Waals surface area contributed by atoms with Crippen molar-refractivity contribution in [2.45, 2.75) is 19.8 Å². The molecule has 1 saturated heterocycles. The summed E-state index contributed by atoms with van der Waals surface area (Å²) in [4.78, 5) is 30.9. The number of esters is 1. The average Bonchev–Trinajstić information content (AvgIpc) is 3.15. The molecule has 0 spiro atoms. The van der Waals surface area contributed by atoms with E-state index in [0.717, 1.165) is 42.8 Å². The third-order valence-corrected chi connectivity index (χ3v) is 4.20. The summed E-state index contributed by atoms with van der Waals surface area (Å²) < 4.78 is 4.82. The van der Waals surface area contributed by atoms with E-state index in [1.54, 1.807) is 24.4 Å². The fourth-order valence-corrected chi connectivity index (χ4v) is 2.88. The molecule has 5 heteroatoms. The van der Waals surface area contributed by atoms with Gasteiger partial charge in [0.25, 0.3) is 5.91 Å². The second-order valence-electron chi connectivity index (χ2n) is 6.01. The fourth-order valence-electron chi connectivity index (χ4n) is 2.88. The van der Waals surface area contributed by atoms with Crippen molar-refractivity contribution in [3.05, 3.63) is 53.2 Å². The number of benzene rings is 1. The summed E-state index contributed by atoms with van der Waals surface area (Å²) in [5.74, 6) is -0.508. The van der Waals surface area contributed by atoms with Gasteiger partial charge >= 0.3 is 5.97 Å². The average molecular weight is 324 g/mol.